The predicted molar refractivity (Wildman–Crippen MR) is 90.8 cm³/mol. The largest absolute Gasteiger partial charge is 0.335 e. The summed E-state index contributed by atoms with van der Waals surface area (Å²) in [5, 5.41) is 8.34. The van der Waals surface area contributed by atoms with Gasteiger partial charge in [0.2, 0.25) is 10.0 Å². The van der Waals surface area contributed by atoms with Gasteiger partial charge >= 0.3 is 0 Å². The minimum absolute atomic E-state index is 0.184. The van der Waals surface area contributed by atoms with Crippen molar-refractivity contribution in [2.45, 2.75) is 11.8 Å². The molecule has 1 amide bonds. The summed E-state index contributed by atoms with van der Waals surface area (Å²) in [4.78, 5) is 14.3. The number of piperazine rings is 1. The Morgan fingerprint density at radius 2 is 1.84 bits per heavy atom. The third-order valence-electron chi connectivity index (χ3n) is 4.32. The summed E-state index contributed by atoms with van der Waals surface area (Å²) in [6, 6.07) is 0. The lowest BCUT2D eigenvalue weighted by Gasteiger charge is -2.33. The molecule has 0 atom stereocenters. The van der Waals surface area contributed by atoms with Crippen molar-refractivity contribution < 1.29 is 13.2 Å². The summed E-state index contributed by atoms with van der Waals surface area (Å²) < 4.78 is 29.9. The minimum Gasteiger partial charge on any atom is -0.335 e. The van der Waals surface area contributed by atoms with Crippen LogP contribution in [-0.2, 0) is 24.1 Å². The molecule has 25 heavy (non-hydrogen) atoms. The van der Waals surface area contributed by atoms with Crippen molar-refractivity contribution >= 4 is 27.5 Å². The van der Waals surface area contributed by atoms with E-state index in [1.807, 2.05) is 0 Å². The van der Waals surface area contributed by atoms with Crippen LogP contribution in [0, 0.1) is 6.92 Å². The summed E-state index contributed by atoms with van der Waals surface area (Å²) >= 11 is 6.01. The molecule has 0 N–H and O–H groups in total. The molecule has 0 saturated carbocycles. The van der Waals surface area contributed by atoms with Gasteiger partial charge in [-0.1, -0.05) is 11.6 Å². The van der Waals surface area contributed by atoms with Crippen molar-refractivity contribution in [3.05, 3.63) is 28.8 Å². The van der Waals surface area contributed by atoms with E-state index in [9.17, 15) is 13.2 Å². The SMILES string of the molecule is Cc1c(S(=O)(=O)N2CCN(C(=O)c3nn(C)cc3Cl)CC2)cnn1C. The number of hydrogen-bond acceptors (Lipinski definition) is 5. The van der Waals surface area contributed by atoms with Crippen molar-refractivity contribution in [1.29, 1.82) is 0 Å². The molecule has 0 radical (unpaired) electrons. The highest BCUT2D eigenvalue weighted by Gasteiger charge is 2.33. The molecule has 1 aliphatic heterocycles. The Labute approximate surface area is 150 Å². The van der Waals surface area contributed by atoms with Crippen LogP contribution in [0.2, 0.25) is 5.02 Å². The zero-order valence-electron chi connectivity index (χ0n) is 14.2. The van der Waals surface area contributed by atoms with Crippen molar-refractivity contribution in [2.75, 3.05) is 26.2 Å². The van der Waals surface area contributed by atoms with Gasteiger partial charge in [0.05, 0.1) is 16.9 Å². The molecular weight excluding hydrogens is 368 g/mol. The fraction of sp³-hybridized carbons (Fsp3) is 0.500. The van der Waals surface area contributed by atoms with E-state index in [1.54, 1.807) is 32.1 Å². The first kappa shape index (κ1) is 17.9. The van der Waals surface area contributed by atoms with Crippen molar-refractivity contribution in [3.63, 3.8) is 0 Å². The van der Waals surface area contributed by atoms with Crippen LogP contribution in [0.1, 0.15) is 16.2 Å². The summed E-state index contributed by atoms with van der Waals surface area (Å²) in [5.74, 6) is -0.291. The number of rotatable bonds is 3. The van der Waals surface area contributed by atoms with Crippen LogP contribution in [0.5, 0.6) is 0 Å². The first-order valence-corrected chi connectivity index (χ1v) is 9.51. The lowest BCUT2D eigenvalue weighted by atomic mass is 10.3. The summed E-state index contributed by atoms with van der Waals surface area (Å²) in [6.07, 6.45) is 2.91. The number of amides is 1. The van der Waals surface area contributed by atoms with E-state index < -0.39 is 10.0 Å². The molecule has 11 heteroatoms. The number of carbonyl (C=O) groups is 1. The van der Waals surface area contributed by atoms with E-state index in [1.165, 1.54) is 19.9 Å². The van der Waals surface area contributed by atoms with Gasteiger partial charge in [-0.15, -0.1) is 0 Å². The Morgan fingerprint density at radius 3 is 2.32 bits per heavy atom. The van der Waals surface area contributed by atoms with Gasteiger partial charge in [0.15, 0.2) is 5.69 Å². The molecular formula is C14H19ClN6O3S. The van der Waals surface area contributed by atoms with Crippen LogP contribution in [-0.4, -0.2) is 69.3 Å². The van der Waals surface area contributed by atoms with Gasteiger partial charge in [-0.3, -0.25) is 14.2 Å². The van der Waals surface area contributed by atoms with Crippen LogP contribution in [0.15, 0.2) is 17.3 Å². The number of hydrogen-bond donors (Lipinski definition) is 0. The molecule has 9 nitrogen and oxygen atoms in total. The lowest BCUT2D eigenvalue weighted by molar-refractivity contribution is 0.0691. The van der Waals surface area contributed by atoms with Crippen LogP contribution >= 0.6 is 11.6 Å². The Hall–Kier alpha value is -1.91. The number of aryl methyl sites for hydroxylation is 2. The average Bonchev–Trinajstić information content (AvgIpc) is 3.09. The molecule has 3 rings (SSSR count). The minimum atomic E-state index is -3.62. The van der Waals surface area contributed by atoms with Gasteiger partial charge in [0, 0.05) is 46.5 Å². The number of nitrogens with zero attached hydrogens (tertiary/aromatic N) is 6. The standard InChI is InChI=1S/C14H19ClN6O3S/c1-10-12(8-16-19(10)3)25(23,24)21-6-4-20(5-7-21)14(22)13-11(15)9-18(2)17-13/h8-9H,4-7H2,1-3H3. The van der Waals surface area contributed by atoms with E-state index in [2.05, 4.69) is 10.2 Å². The van der Waals surface area contributed by atoms with Gasteiger partial charge in [-0.05, 0) is 6.92 Å². The number of halogens is 1. The molecule has 3 heterocycles. The molecule has 0 bridgehead atoms. The number of carbonyl (C=O) groups excluding carboxylic acids is 1. The maximum absolute atomic E-state index is 12.8. The van der Waals surface area contributed by atoms with Crippen molar-refractivity contribution in [3.8, 4) is 0 Å². The predicted octanol–water partition coefficient (Wildman–Crippen LogP) is 0.262. The Kier molecular flexibility index (Phi) is 4.60. The van der Waals surface area contributed by atoms with E-state index in [0.29, 0.717) is 5.69 Å². The molecule has 1 saturated heterocycles. The number of aromatic nitrogens is 4. The van der Waals surface area contributed by atoms with E-state index >= 15 is 0 Å². The Morgan fingerprint density at radius 1 is 1.20 bits per heavy atom. The first-order valence-electron chi connectivity index (χ1n) is 7.69. The highest BCUT2D eigenvalue weighted by molar-refractivity contribution is 7.89. The molecule has 1 fully saturated rings. The topological polar surface area (TPSA) is 93.3 Å². The second-order valence-electron chi connectivity index (χ2n) is 5.91. The fourth-order valence-corrected chi connectivity index (χ4v) is 4.62. The third-order valence-corrected chi connectivity index (χ3v) is 6.60. The maximum Gasteiger partial charge on any atom is 0.276 e. The second-order valence-corrected chi connectivity index (χ2v) is 8.23. The van der Waals surface area contributed by atoms with Gasteiger partial charge in [0.1, 0.15) is 4.90 Å². The Balaban J connectivity index is 1.72. The van der Waals surface area contributed by atoms with Gasteiger partial charge in [-0.25, -0.2) is 8.42 Å². The van der Waals surface area contributed by atoms with Crippen molar-refractivity contribution in [1.82, 2.24) is 28.8 Å². The van der Waals surface area contributed by atoms with Gasteiger partial charge in [0.25, 0.3) is 5.91 Å². The normalized spacial score (nSPS) is 16.4. The zero-order valence-corrected chi connectivity index (χ0v) is 15.7. The summed E-state index contributed by atoms with van der Waals surface area (Å²) in [5.41, 5.74) is 0.766. The average molecular weight is 387 g/mol. The summed E-state index contributed by atoms with van der Waals surface area (Å²) in [7, 11) is -0.244. The Bertz CT molecular complexity index is 911. The molecule has 1 aliphatic rings. The smallest absolute Gasteiger partial charge is 0.276 e. The first-order chi connectivity index (χ1) is 11.7. The van der Waals surface area contributed by atoms with Crippen molar-refractivity contribution in [2.24, 2.45) is 14.1 Å². The third kappa shape index (κ3) is 3.16. The highest BCUT2D eigenvalue weighted by Crippen LogP contribution is 2.22. The van der Waals surface area contributed by atoms with Gasteiger partial charge in [-0.2, -0.15) is 14.5 Å². The van der Waals surface area contributed by atoms with Crippen LogP contribution in [0.25, 0.3) is 0 Å². The fourth-order valence-electron chi connectivity index (χ4n) is 2.76. The van der Waals surface area contributed by atoms with E-state index in [4.69, 9.17) is 11.6 Å². The lowest BCUT2D eigenvalue weighted by Crippen LogP contribution is -2.50. The monoisotopic (exact) mass is 386 g/mol. The molecule has 0 aromatic carbocycles. The van der Waals surface area contributed by atoms with E-state index in [-0.39, 0.29) is 47.7 Å². The quantitative estimate of drug-likeness (QED) is 0.754. The van der Waals surface area contributed by atoms with E-state index in [0.717, 1.165) is 0 Å². The molecule has 136 valence electrons. The molecule has 0 aliphatic carbocycles. The van der Waals surface area contributed by atoms with Crippen LogP contribution < -0.4 is 0 Å². The van der Waals surface area contributed by atoms with Crippen LogP contribution in [0.3, 0.4) is 0 Å². The molecule has 2 aromatic rings. The maximum atomic E-state index is 12.8. The number of sulfonamides is 1. The molecule has 0 unspecified atom stereocenters. The molecule has 0 spiro atoms. The van der Waals surface area contributed by atoms with Gasteiger partial charge < -0.3 is 4.90 Å². The zero-order chi connectivity index (χ0) is 18.4. The molecule has 2 aromatic heterocycles. The second kappa shape index (κ2) is 6.43. The summed E-state index contributed by atoms with van der Waals surface area (Å²) in [6.45, 7) is 2.71. The highest BCUT2D eigenvalue weighted by atomic mass is 35.5. The van der Waals surface area contributed by atoms with Crippen LogP contribution in [0.4, 0.5) is 0 Å².